The fraction of sp³-hybridized carbons (Fsp3) is 0.786. The molecule has 0 bridgehead atoms. The van der Waals surface area contributed by atoms with Crippen molar-refractivity contribution < 1.29 is 19.5 Å². The van der Waals surface area contributed by atoms with E-state index in [1.54, 1.807) is 11.8 Å². The maximum absolute atomic E-state index is 12.2. The van der Waals surface area contributed by atoms with Crippen LogP contribution >= 0.6 is 0 Å². The van der Waals surface area contributed by atoms with Gasteiger partial charge in [-0.25, -0.2) is 4.79 Å². The first kappa shape index (κ1) is 15.8. The summed E-state index contributed by atoms with van der Waals surface area (Å²) in [5.41, 5.74) is -0.901. The fourth-order valence-corrected chi connectivity index (χ4v) is 2.84. The number of hydrogen-bond acceptors (Lipinski definition) is 4. The number of nitrogens with one attached hydrogen (secondary N) is 1. The van der Waals surface area contributed by atoms with Gasteiger partial charge in [0.2, 0.25) is 5.91 Å². The highest BCUT2D eigenvalue weighted by Gasteiger charge is 2.47. The lowest BCUT2D eigenvalue weighted by Gasteiger charge is -2.21. The van der Waals surface area contributed by atoms with Gasteiger partial charge in [0.15, 0.2) is 0 Å². The van der Waals surface area contributed by atoms with E-state index in [4.69, 9.17) is 5.11 Å². The summed E-state index contributed by atoms with van der Waals surface area (Å²) in [6.07, 6.45) is 2.03. The number of rotatable bonds is 5. The summed E-state index contributed by atoms with van der Waals surface area (Å²) in [7, 11) is 0. The Bertz CT molecular complexity index is 454. The van der Waals surface area contributed by atoms with Gasteiger partial charge in [0.1, 0.15) is 12.1 Å². The molecule has 2 aliphatic heterocycles. The van der Waals surface area contributed by atoms with Crippen molar-refractivity contribution in [2.75, 3.05) is 26.2 Å². The molecule has 2 rings (SSSR count). The van der Waals surface area contributed by atoms with Crippen molar-refractivity contribution in [1.29, 1.82) is 0 Å². The molecule has 2 heterocycles. The van der Waals surface area contributed by atoms with Crippen molar-refractivity contribution in [3.05, 3.63) is 0 Å². The summed E-state index contributed by atoms with van der Waals surface area (Å²) >= 11 is 0. The second kappa shape index (κ2) is 6.01. The third-order valence-corrected chi connectivity index (χ3v) is 4.52. The number of likely N-dealkylation sites (tertiary alicyclic amines) is 1. The van der Waals surface area contributed by atoms with E-state index in [1.807, 2.05) is 6.92 Å². The van der Waals surface area contributed by atoms with Gasteiger partial charge >= 0.3 is 6.03 Å². The van der Waals surface area contributed by atoms with Crippen molar-refractivity contribution in [2.24, 2.45) is 5.92 Å². The van der Waals surface area contributed by atoms with Gasteiger partial charge in [-0.05, 0) is 32.1 Å². The predicted octanol–water partition coefficient (Wildman–Crippen LogP) is -0.0622. The summed E-state index contributed by atoms with van der Waals surface area (Å²) < 4.78 is 0. The minimum absolute atomic E-state index is 0.120. The molecule has 0 radical (unpaired) electrons. The van der Waals surface area contributed by atoms with Crippen LogP contribution in [0.3, 0.4) is 0 Å². The minimum atomic E-state index is -0.901. The molecule has 21 heavy (non-hydrogen) atoms. The Balaban J connectivity index is 1.94. The maximum Gasteiger partial charge on any atom is 0.325 e. The zero-order chi connectivity index (χ0) is 15.6. The Labute approximate surface area is 124 Å². The van der Waals surface area contributed by atoms with Crippen molar-refractivity contribution >= 4 is 17.8 Å². The summed E-state index contributed by atoms with van der Waals surface area (Å²) in [5.74, 6) is -0.239. The molecule has 2 aliphatic rings. The molecule has 0 aromatic rings. The monoisotopic (exact) mass is 297 g/mol. The smallest absolute Gasteiger partial charge is 0.325 e. The van der Waals surface area contributed by atoms with Crippen LogP contribution in [0.4, 0.5) is 4.79 Å². The number of amides is 4. The van der Waals surface area contributed by atoms with Crippen LogP contribution in [0.15, 0.2) is 0 Å². The Morgan fingerprint density at radius 1 is 1.48 bits per heavy atom. The molecule has 0 aromatic carbocycles. The van der Waals surface area contributed by atoms with E-state index >= 15 is 0 Å². The summed E-state index contributed by atoms with van der Waals surface area (Å²) in [6.45, 7) is 4.63. The molecule has 7 heteroatoms. The first-order chi connectivity index (χ1) is 9.91. The summed E-state index contributed by atoms with van der Waals surface area (Å²) in [6, 6.07) is -0.496. The highest BCUT2D eigenvalue weighted by Crippen LogP contribution is 2.22. The molecule has 2 saturated heterocycles. The van der Waals surface area contributed by atoms with E-state index in [0.717, 1.165) is 11.3 Å². The predicted molar refractivity (Wildman–Crippen MR) is 75.3 cm³/mol. The van der Waals surface area contributed by atoms with Crippen LogP contribution < -0.4 is 5.32 Å². The molecule has 2 atom stereocenters. The van der Waals surface area contributed by atoms with Gasteiger partial charge < -0.3 is 15.3 Å². The molecular formula is C14H23N3O4. The average Bonchev–Trinajstić information content (AvgIpc) is 2.99. The van der Waals surface area contributed by atoms with Gasteiger partial charge in [-0.2, -0.15) is 0 Å². The van der Waals surface area contributed by atoms with Gasteiger partial charge in [0.25, 0.3) is 5.91 Å². The standard InChI is InChI=1S/C14H23N3O4/c1-3-14(2)12(20)17(13(21)15-14)9-11(19)16-6-4-10(8-16)5-7-18/h10,18H,3-9H2,1-2H3,(H,15,21). The quantitative estimate of drug-likeness (QED) is 0.696. The van der Waals surface area contributed by atoms with E-state index in [-0.39, 0.29) is 25.0 Å². The number of carbonyl (C=O) groups excluding carboxylic acids is 3. The van der Waals surface area contributed by atoms with Crippen molar-refractivity contribution in [3.8, 4) is 0 Å². The molecule has 0 spiro atoms. The highest BCUT2D eigenvalue weighted by molar-refractivity contribution is 6.08. The lowest BCUT2D eigenvalue weighted by molar-refractivity contribution is -0.138. The molecule has 2 N–H and O–H groups in total. The first-order valence-electron chi connectivity index (χ1n) is 7.44. The van der Waals surface area contributed by atoms with Crippen LogP contribution in [0.2, 0.25) is 0 Å². The molecule has 0 aromatic heterocycles. The number of aliphatic hydroxyl groups excluding tert-OH is 1. The molecule has 2 unspecified atom stereocenters. The van der Waals surface area contributed by atoms with Crippen LogP contribution in [0, 0.1) is 5.92 Å². The zero-order valence-electron chi connectivity index (χ0n) is 12.6. The number of urea groups is 1. The van der Waals surface area contributed by atoms with Crippen LogP contribution in [0.25, 0.3) is 0 Å². The molecule has 118 valence electrons. The van der Waals surface area contributed by atoms with E-state index in [1.165, 1.54) is 0 Å². The van der Waals surface area contributed by atoms with Gasteiger partial charge in [-0.3, -0.25) is 14.5 Å². The number of hydrogen-bond donors (Lipinski definition) is 2. The molecule has 4 amide bonds. The average molecular weight is 297 g/mol. The van der Waals surface area contributed by atoms with Crippen LogP contribution in [0.5, 0.6) is 0 Å². The number of imide groups is 1. The summed E-state index contributed by atoms with van der Waals surface area (Å²) in [5, 5.41) is 11.6. The molecule has 0 saturated carbocycles. The number of carbonyl (C=O) groups is 3. The number of aliphatic hydroxyl groups is 1. The normalized spacial score (nSPS) is 29.2. The third-order valence-electron chi connectivity index (χ3n) is 4.52. The second-order valence-corrected chi connectivity index (χ2v) is 6.01. The Morgan fingerprint density at radius 3 is 2.76 bits per heavy atom. The Kier molecular flexibility index (Phi) is 4.51. The molecular weight excluding hydrogens is 274 g/mol. The highest BCUT2D eigenvalue weighted by atomic mass is 16.3. The largest absolute Gasteiger partial charge is 0.396 e. The fourth-order valence-electron chi connectivity index (χ4n) is 2.84. The minimum Gasteiger partial charge on any atom is -0.396 e. The van der Waals surface area contributed by atoms with Crippen molar-refractivity contribution in [3.63, 3.8) is 0 Å². The van der Waals surface area contributed by atoms with E-state index < -0.39 is 11.6 Å². The second-order valence-electron chi connectivity index (χ2n) is 6.01. The van der Waals surface area contributed by atoms with Crippen LogP contribution in [-0.2, 0) is 9.59 Å². The van der Waals surface area contributed by atoms with Crippen LogP contribution in [-0.4, -0.2) is 64.5 Å². The molecule has 7 nitrogen and oxygen atoms in total. The van der Waals surface area contributed by atoms with Gasteiger partial charge in [-0.1, -0.05) is 6.92 Å². The van der Waals surface area contributed by atoms with E-state index in [2.05, 4.69) is 5.32 Å². The molecule has 2 fully saturated rings. The maximum atomic E-state index is 12.2. The first-order valence-corrected chi connectivity index (χ1v) is 7.44. The SMILES string of the molecule is CCC1(C)NC(=O)N(CC(=O)N2CCC(CCO)C2)C1=O. The van der Waals surface area contributed by atoms with Gasteiger partial charge in [0, 0.05) is 19.7 Å². The lowest BCUT2D eigenvalue weighted by Crippen LogP contribution is -2.45. The Hall–Kier alpha value is -1.63. The van der Waals surface area contributed by atoms with E-state index in [0.29, 0.717) is 31.8 Å². The van der Waals surface area contributed by atoms with Crippen LogP contribution in [0.1, 0.15) is 33.1 Å². The van der Waals surface area contributed by atoms with E-state index in [9.17, 15) is 14.4 Å². The number of nitrogens with zero attached hydrogens (tertiary/aromatic N) is 2. The lowest BCUT2D eigenvalue weighted by atomic mass is 9.99. The van der Waals surface area contributed by atoms with Crippen molar-refractivity contribution in [1.82, 2.24) is 15.1 Å². The summed E-state index contributed by atoms with van der Waals surface area (Å²) in [4.78, 5) is 39.0. The van der Waals surface area contributed by atoms with Gasteiger partial charge in [0.05, 0.1) is 0 Å². The zero-order valence-corrected chi connectivity index (χ0v) is 12.6. The third kappa shape index (κ3) is 3.02. The van der Waals surface area contributed by atoms with Gasteiger partial charge in [-0.15, -0.1) is 0 Å². The molecule has 0 aliphatic carbocycles. The Morgan fingerprint density at radius 2 is 2.19 bits per heavy atom. The topological polar surface area (TPSA) is 90.0 Å². The van der Waals surface area contributed by atoms with Crippen molar-refractivity contribution in [2.45, 2.75) is 38.6 Å².